The quantitative estimate of drug-likeness (QED) is 0.565. The summed E-state index contributed by atoms with van der Waals surface area (Å²) in [6, 6.07) is 5.92. The van der Waals surface area contributed by atoms with E-state index < -0.39 is 0 Å². The SMILES string of the molecule is CCNC(=NCc1ccc(OC)c(OCC)c1)N(C)Cc1csc(C)n1. The molecule has 0 aliphatic rings. The Bertz CT molecular complexity index is 730. The third kappa shape index (κ3) is 5.62. The van der Waals surface area contributed by atoms with Crippen molar-refractivity contribution in [3.63, 3.8) is 0 Å². The molecule has 0 saturated carbocycles. The molecule has 0 amide bonds. The maximum atomic E-state index is 5.65. The van der Waals surface area contributed by atoms with Gasteiger partial charge in [-0.15, -0.1) is 11.3 Å². The first-order valence-electron chi connectivity index (χ1n) is 8.77. The zero-order valence-electron chi connectivity index (χ0n) is 16.2. The number of ether oxygens (including phenoxy) is 2. The van der Waals surface area contributed by atoms with Crippen molar-refractivity contribution < 1.29 is 9.47 Å². The van der Waals surface area contributed by atoms with Gasteiger partial charge < -0.3 is 19.7 Å². The summed E-state index contributed by atoms with van der Waals surface area (Å²) >= 11 is 1.67. The first-order chi connectivity index (χ1) is 12.6. The number of guanidine groups is 1. The third-order valence-corrected chi connectivity index (χ3v) is 4.52. The van der Waals surface area contributed by atoms with Crippen LogP contribution in [0.4, 0.5) is 0 Å². The van der Waals surface area contributed by atoms with E-state index in [1.165, 1.54) is 0 Å². The summed E-state index contributed by atoms with van der Waals surface area (Å²) in [5.74, 6) is 2.34. The number of aromatic nitrogens is 1. The van der Waals surface area contributed by atoms with Gasteiger partial charge in [0, 0.05) is 19.0 Å². The average Bonchev–Trinajstić information content (AvgIpc) is 3.03. The molecule has 2 rings (SSSR count). The molecule has 2 aromatic rings. The van der Waals surface area contributed by atoms with Crippen LogP contribution in [0.15, 0.2) is 28.6 Å². The van der Waals surface area contributed by atoms with E-state index in [2.05, 4.69) is 27.5 Å². The number of hydrogen-bond donors (Lipinski definition) is 1. The lowest BCUT2D eigenvalue weighted by atomic mass is 10.2. The number of methoxy groups -OCH3 is 1. The van der Waals surface area contributed by atoms with Crippen LogP contribution in [0.1, 0.15) is 30.1 Å². The van der Waals surface area contributed by atoms with Crippen LogP contribution in [0.5, 0.6) is 11.5 Å². The van der Waals surface area contributed by atoms with Crippen molar-refractivity contribution in [1.29, 1.82) is 0 Å². The van der Waals surface area contributed by atoms with E-state index >= 15 is 0 Å². The van der Waals surface area contributed by atoms with Gasteiger partial charge in [0.05, 0.1) is 37.5 Å². The molecule has 0 spiro atoms. The van der Waals surface area contributed by atoms with Gasteiger partial charge in [-0.1, -0.05) is 6.07 Å². The summed E-state index contributed by atoms with van der Waals surface area (Å²) in [5, 5.41) is 6.51. The van der Waals surface area contributed by atoms with Crippen LogP contribution in [0.25, 0.3) is 0 Å². The highest BCUT2D eigenvalue weighted by Gasteiger charge is 2.10. The predicted molar refractivity (Wildman–Crippen MR) is 107 cm³/mol. The second kappa shape index (κ2) is 10.0. The standard InChI is InChI=1S/C19H28N4O2S/c1-6-20-19(23(4)12-16-13-26-14(3)22-16)21-11-15-8-9-17(24-5)18(10-15)25-7-2/h8-10,13H,6-7,11-12H2,1-5H3,(H,20,21). The van der Waals surface area contributed by atoms with Crippen molar-refractivity contribution in [2.24, 2.45) is 4.99 Å². The van der Waals surface area contributed by atoms with Gasteiger partial charge in [-0.3, -0.25) is 0 Å². The molecule has 0 fully saturated rings. The minimum Gasteiger partial charge on any atom is -0.493 e. The molecule has 26 heavy (non-hydrogen) atoms. The summed E-state index contributed by atoms with van der Waals surface area (Å²) in [6.07, 6.45) is 0. The smallest absolute Gasteiger partial charge is 0.194 e. The normalized spacial score (nSPS) is 11.3. The number of rotatable bonds is 8. The van der Waals surface area contributed by atoms with Gasteiger partial charge in [0.15, 0.2) is 17.5 Å². The van der Waals surface area contributed by atoms with Crippen molar-refractivity contribution in [3.05, 3.63) is 39.8 Å². The van der Waals surface area contributed by atoms with E-state index in [1.807, 2.05) is 39.1 Å². The van der Waals surface area contributed by atoms with Gasteiger partial charge in [-0.05, 0) is 38.5 Å². The fourth-order valence-electron chi connectivity index (χ4n) is 2.52. The molecular weight excluding hydrogens is 348 g/mol. The van der Waals surface area contributed by atoms with E-state index in [0.29, 0.717) is 13.2 Å². The lowest BCUT2D eigenvalue weighted by Gasteiger charge is -2.21. The average molecular weight is 377 g/mol. The minimum atomic E-state index is 0.562. The fraction of sp³-hybridized carbons (Fsp3) is 0.474. The highest BCUT2D eigenvalue weighted by molar-refractivity contribution is 7.09. The first-order valence-corrected chi connectivity index (χ1v) is 9.65. The number of hydrogen-bond acceptors (Lipinski definition) is 5. The minimum absolute atomic E-state index is 0.562. The van der Waals surface area contributed by atoms with Crippen molar-refractivity contribution >= 4 is 17.3 Å². The Balaban J connectivity index is 2.11. The van der Waals surface area contributed by atoms with Crippen LogP contribution in [-0.4, -0.2) is 43.2 Å². The molecule has 7 heteroatoms. The van der Waals surface area contributed by atoms with E-state index in [-0.39, 0.29) is 0 Å². The Morgan fingerprint density at radius 2 is 2.12 bits per heavy atom. The zero-order valence-corrected chi connectivity index (χ0v) is 17.0. The van der Waals surface area contributed by atoms with Crippen molar-refractivity contribution in [3.8, 4) is 11.5 Å². The number of aliphatic imine (C=N–C) groups is 1. The molecular formula is C19H28N4O2S. The Morgan fingerprint density at radius 3 is 2.73 bits per heavy atom. The number of thiazole rings is 1. The fourth-order valence-corrected chi connectivity index (χ4v) is 3.13. The van der Waals surface area contributed by atoms with Crippen LogP contribution >= 0.6 is 11.3 Å². The molecule has 1 aromatic carbocycles. The first kappa shape index (κ1) is 20.0. The topological polar surface area (TPSA) is 59.0 Å². The van der Waals surface area contributed by atoms with Gasteiger partial charge in [-0.2, -0.15) is 0 Å². The molecule has 0 aliphatic carbocycles. The van der Waals surface area contributed by atoms with Gasteiger partial charge in [0.25, 0.3) is 0 Å². The van der Waals surface area contributed by atoms with Gasteiger partial charge in [-0.25, -0.2) is 9.98 Å². The van der Waals surface area contributed by atoms with Crippen LogP contribution in [-0.2, 0) is 13.1 Å². The summed E-state index contributed by atoms with van der Waals surface area (Å²) in [7, 11) is 3.67. The summed E-state index contributed by atoms with van der Waals surface area (Å²) in [6.45, 7) is 8.75. The van der Waals surface area contributed by atoms with E-state index in [4.69, 9.17) is 14.5 Å². The van der Waals surface area contributed by atoms with E-state index in [0.717, 1.165) is 46.8 Å². The molecule has 142 valence electrons. The van der Waals surface area contributed by atoms with Gasteiger partial charge >= 0.3 is 0 Å². The second-order valence-electron chi connectivity index (χ2n) is 5.80. The Kier molecular flexibility index (Phi) is 7.72. The molecule has 0 radical (unpaired) electrons. The largest absolute Gasteiger partial charge is 0.493 e. The third-order valence-electron chi connectivity index (χ3n) is 3.70. The Labute approximate surface area is 159 Å². The Hall–Kier alpha value is -2.28. The highest BCUT2D eigenvalue weighted by Crippen LogP contribution is 2.28. The molecule has 0 unspecified atom stereocenters. The Morgan fingerprint density at radius 1 is 1.31 bits per heavy atom. The monoisotopic (exact) mass is 376 g/mol. The second-order valence-corrected chi connectivity index (χ2v) is 6.86. The van der Waals surface area contributed by atoms with Gasteiger partial charge in [0.2, 0.25) is 0 Å². The van der Waals surface area contributed by atoms with Crippen LogP contribution in [0.3, 0.4) is 0 Å². The molecule has 1 aromatic heterocycles. The van der Waals surface area contributed by atoms with Gasteiger partial charge in [0.1, 0.15) is 0 Å². The van der Waals surface area contributed by atoms with Crippen molar-refractivity contribution in [2.45, 2.75) is 33.9 Å². The molecule has 1 N–H and O–H groups in total. The predicted octanol–water partition coefficient (Wildman–Crippen LogP) is 3.46. The maximum absolute atomic E-state index is 5.65. The van der Waals surface area contributed by atoms with Crippen LogP contribution < -0.4 is 14.8 Å². The summed E-state index contributed by atoms with van der Waals surface area (Å²) < 4.78 is 11.0. The summed E-state index contributed by atoms with van der Waals surface area (Å²) in [4.78, 5) is 11.4. The molecule has 0 saturated heterocycles. The highest BCUT2D eigenvalue weighted by atomic mass is 32.1. The van der Waals surface area contributed by atoms with Crippen molar-refractivity contribution in [1.82, 2.24) is 15.2 Å². The van der Waals surface area contributed by atoms with Crippen molar-refractivity contribution in [2.75, 3.05) is 27.3 Å². The maximum Gasteiger partial charge on any atom is 0.194 e. The lowest BCUT2D eigenvalue weighted by molar-refractivity contribution is 0.310. The molecule has 1 heterocycles. The molecule has 0 atom stereocenters. The van der Waals surface area contributed by atoms with E-state index in [1.54, 1.807) is 18.4 Å². The number of benzene rings is 1. The van der Waals surface area contributed by atoms with E-state index in [9.17, 15) is 0 Å². The van der Waals surface area contributed by atoms with Crippen LogP contribution in [0.2, 0.25) is 0 Å². The molecule has 6 nitrogen and oxygen atoms in total. The number of aryl methyl sites for hydroxylation is 1. The number of nitrogens with zero attached hydrogens (tertiary/aromatic N) is 3. The lowest BCUT2D eigenvalue weighted by Crippen LogP contribution is -2.38. The summed E-state index contributed by atoms with van der Waals surface area (Å²) in [5.41, 5.74) is 2.13. The zero-order chi connectivity index (χ0) is 18.9. The van der Waals surface area contributed by atoms with Crippen LogP contribution in [0, 0.1) is 6.92 Å². The molecule has 0 bridgehead atoms. The molecule has 0 aliphatic heterocycles. The number of nitrogens with one attached hydrogen (secondary N) is 1.